The van der Waals surface area contributed by atoms with Crippen molar-refractivity contribution in [3.63, 3.8) is 0 Å². The topological polar surface area (TPSA) is 21.6 Å². The first-order chi connectivity index (χ1) is 10.2. The molecule has 0 aliphatic rings. The lowest BCUT2D eigenvalue weighted by molar-refractivity contribution is 0.414. The van der Waals surface area contributed by atoms with E-state index in [0.29, 0.717) is 0 Å². The molecule has 0 N–H and O–H groups in total. The average molecular weight is 303 g/mol. The Morgan fingerprint density at radius 1 is 1.10 bits per heavy atom. The zero-order chi connectivity index (χ0) is 15.1. The maximum Gasteiger partial charge on any atom is 0.123 e. The molecular weight excluding hydrogens is 285 g/mol. The van der Waals surface area contributed by atoms with Gasteiger partial charge in [-0.25, -0.2) is 9.38 Å². The molecule has 0 bridgehead atoms. The van der Waals surface area contributed by atoms with Gasteiger partial charge in [0.05, 0.1) is 17.8 Å². The van der Waals surface area contributed by atoms with E-state index in [0.717, 1.165) is 28.7 Å². The van der Waals surface area contributed by atoms with Gasteiger partial charge < -0.3 is 4.74 Å². The van der Waals surface area contributed by atoms with Crippen LogP contribution in [0.3, 0.4) is 0 Å². The molecule has 0 aliphatic carbocycles. The van der Waals surface area contributed by atoms with Gasteiger partial charge in [0.2, 0.25) is 0 Å². The van der Waals surface area contributed by atoms with Crippen molar-refractivity contribution in [2.24, 2.45) is 4.99 Å². The van der Waals surface area contributed by atoms with E-state index in [4.69, 9.17) is 4.74 Å². The lowest BCUT2D eigenvalue weighted by atomic mass is 10.2. The van der Waals surface area contributed by atoms with Crippen LogP contribution in [0.4, 0.5) is 10.1 Å². The summed E-state index contributed by atoms with van der Waals surface area (Å²) in [7, 11) is 1.66. The monoisotopic (exact) mass is 303 g/mol. The van der Waals surface area contributed by atoms with E-state index in [1.54, 1.807) is 31.0 Å². The van der Waals surface area contributed by atoms with Crippen LogP contribution in [0.2, 0.25) is 0 Å². The van der Waals surface area contributed by atoms with Gasteiger partial charge >= 0.3 is 0 Å². The van der Waals surface area contributed by atoms with Crippen molar-refractivity contribution in [3.8, 4) is 5.75 Å². The first-order valence-electron chi connectivity index (χ1n) is 6.80. The molecule has 110 valence electrons. The highest BCUT2D eigenvalue weighted by molar-refractivity contribution is 8.13. The summed E-state index contributed by atoms with van der Waals surface area (Å²) in [5.41, 5.74) is 2.01. The predicted molar refractivity (Wildman–Crippen MR) is 88.1 cm³/mol. The highest BCUT2D eigenvalue weighted by atomic mass is 32.2. The standard InChI is InChI=1S/C17H18FNOS/c1-3-17(19-15-8-6-14(18)7-9-15)21-12-13-4-10-16(20-2)11-5-13/h4-11H,3,12H2,1-2H3/b19-17-. The lowest BCUT2D eigenvalue weighted by Crippen LogP contribution is -1.91. The molecule has 2 nitrogen and oxygen atoms in total. The van der Waals surface area contributed by atoms with E-state index in [1.807, 2.05) is 12.1 Å². The quantitative estimate of drug-likeness (QED) is 0.559. The van der Waals surface area contributed by atoms with Crippen LogP contribution in [0, 0.1) is 5.82 Å². The molecule has 4 heteroatoms. The Bertz CT molecular complexity index is 593. The third kappa shape index (κ3) is 4.90. The Hall–Kier alpha value is -1.81. The van der Waals surface area contributed by atoms with Crippen LogP contribution in [-0.4, -0.2) is 12.2 Å². The van der Waals surface area contributed by atoms with E-state index < -0.39 is 0 Å². The molecule has 2 aromatic carbocycles. The van der Waals surface area contributed by atoms with Crippen molar-refractivity contribution in [1.29, 1.82) is 0 Å². The van der Waals surface area contributed by atoms with E-state index in [-0.39, 0.29) is 5.82 Å². The molecule has 0 aliphatic heterocycles. The summed E-state index contributed by atoms with van der Waals surface area (Å²) in [5, 5.41) is 1.04. The summed E-state index contributed by atoms with van der Waals surface area (Å²) >= 11 is 1.70. The number of benzene rings is 2. The van der Waals surface area contributed by atoms with Crippen LogP contribution < -0.4 is 4.74 Å². The molecule has 0 aromatic heterocycles. The molecule has 0 saturated heterocycles. The molecule has 0 radical (unpaired) electrons. The molecule has 0 heterocycles. The summed E-state index contributed by atoms with van der Waals surface area (Å²) in [4.78, 5) is 4.56. The van der Waals surface area contributed by atoms with Crippen LogP contribution in [0.15, 0.2) is 53.5 Å². The van der Waals surface area contributed by atoms with Crippen molar-refractivity contribution in [2.45, 2.75) is 19.1 Å². The van der Waals surface area contributed by atoms with Gasteiger partial charge in [0.25, 0.3) is 0 Å². The maximum atomic E-state index is 12.9. The zero-order valence-corrected chi connectivity index (χ0v) is 13.0. The minimum atomic E-state index is -0.238. The summed E-state index contributed by atoms with van der Waals surface area (Å²) in [6.07, 6.45) is 0.859. The number of halogens is 1. The number of nitrogens with zero attached hydrogens (tertiary/aromatic N) is 1. The van der Waals surface area contributed by atoms with Gasteiger partial charge in [0.15, 0.2) is 0 Å². The molecule has 0 atom stereocenters. The Balaban J connectivity index is 1.99. The summed E-state index contributed by atoms with van der Waals surface area (Å²) in [5.74, 6) is 1.48. The van der Waals surface area contributed by atoms with Crippen molar-refractivity contribution < 1.29 is 9.13 Å². The minimum Gasteiger partial charge on any atom is -0.497 e. The fourth-order valence-electron chi connectivity index (χ4n) is 1.76. The molecule has 21 heavy (non-hydrogen) atoms. The highest BCUT2D eigenvalue weighted by Crippen LogP contribution is 2.22. The minimum absolute atomic E-state index is 0.238. The van der Waals surface area contributed by atoms with Crippen molar-refractivity contribution in [3.05, 3.63) is 59.9 Å². The summed E-state index contributed by atoms with van der Waals surface area (Å²) < 4.78 is 18.0. The van der Waals surface area contributed by atoms with Gasteiger partial charge in [0, 0.05) is 5.75 Å². The van der Waals surface area contributed by atoms with E-state index in [2.05, 4.69) is 24.0 Å². The maximum absolute atomic E-state index is 12.9. The molecule has 0 amide bonds. The van der Waals surface area contributed by atoms with Gasteiger partial charge in [-0.3, -0.25) is 0 Å². The van der Waals surface area contributed by atoms with Crippen LogP contribution in [-0.2, 0) is 5.75 Å². The fourth-order valence-corrected chi connectivity index (χ4v) is 2.66. The summed E-state index contributed by atoms with van der Waals surface area (Å²) in [6, 6.07) is 14.3. The molecular formula is C17H18FNOS. The second-order valence-corrected chi connectivity index (χ2v) is 5.52. The normalized spacial score (nSPS) is 11.5. The third-order valence-corrected chi connectivity index (χ3v) is 4.14. The van der Waals surface area contributed by atoms with Gasteiger partial charge in [-0.15, -0.1) is 11.8 Å². The van der Waals surface area contributed by atoms with E-state index in [9.17, 15) is 4.39 Å². The van der Waals surface area contributed by atoms with E-state index >= 15 is 0 Å². The van der Waals surface area contributed by atoms with E-state index in [1.165, 1.54) is 17.7 Å². The Morgan fingerprint density at radius 3 is 2.33 bits per heavy atom. The number of methoxy groups -OCH3 is 1. The van der Waals surface area contributed by atoms with Gasteiger partial charge in [-0.1, -0.05) is 19.1 Å². The molecule has 0 unspecified atom stereocenters. The second kappa shape index (κ2) is 7.84. The van der Waals surface area contributed by atoms with Crippen LogP contribution >= 0.6 is 11.8 Å². The van der Waals surface area contributed by atoms with Gasteiger partial charge in [-0.05, 0) is 48.4 Å². The largest absolute Gasteiger partial charge is 0.497 e. The number of hydrogen-bond acceptors (Lipinski definition) is 3. The SMILES string of the molecule is CC/C(=N/c1ccc(F)cc1)SCc1ccc(OC)cc1. The Labute approximate surface area is 129 Å². The second-order valence-electron chi connectivity index (χ2n) is 4.47. The number of rotatable bonds is 5. The first-order valence-corrected chi connectivity index (χ1v) is 7.78. The molecule has 0 fully saturated rings. The number of ether oxygens (including phenoxy) is 1. The Kier molecular flexibility index (Phi) is 5.81. The lowest BCUT2D eigenvalue weighted by Gasteiger charge is -2.05. The van der Waals surface area contributed by atoms with Crippen LogP contribution in [0.5, 0.6) is 5.75 Å². The molecule has 2 rings (SSSR count). The van der Waals surface area contributed by atoms with Crippen molar-refractivity contribution in [1.82, 2.24) is 0 Å². The van der Waals surface area contributed by atoms with Crippen LogP contribution in [0.1, 0.15) is 18.9 Å². The number of hydrogen-bond donors (Lipinski definition) is 0. The highest BCUT2D eigenvalue weighted by Gasteiger charge is 2.01. The predicted octanol–water partition coefficient (Wildman–Crippen LogP) is 5.21. The fraction of sp³-hybridized carbons (Fsp3) is 0.235. The molecule has 2 aromatic rings. The number of thioether (sulfide) groups is 1. The van der Waals surface area contributed by atoms with Gasteiger partial charge in [0.1, 0.15) is 11.6 Å². The molecule has 0 spiro atoms. The zero-order valence-electron chi connectivity index (χ0n) is 12.2. The van der Waals surface area contributed by atoms with Crippen molar-refractivity contribution in [2.75, 3.05) is 7.11 Å². The van der Waals surface area contributed by atoms with Gasteiger partial charge in [-0.2, -0.15) is 0 Å². The number of aliphatic imine (C=N–C) groups is 1. The molecule has 0 saturated carbocycles. The van der Waals surface area contributed by atoms with Crippen molar-refractivity contribution >= 4 is 22.5 Å². The Morgan fingerprint density at radius 2 is 1.76 bits per heavy atom. The average Bonchev–Trinajstić information content (AvgIpc) is 2.53. The summed E-state index contributed by atoms with van der Waals surface area (Å²) in [6.45, 7) is 2.07. The van der Waals surface area contributed by atoms with Crippen LogP contribution in [0.25, 0.3) is 0 Å². The first kappa shape index (κ1) is 15.6. The third-order valence-electron chi connectivity index (χ3n) is 2.95. The smallest absolute Gasteiger partial charge is 0.123 e.